The van der Waals surface area contributed by atoms with Gasteiger partial charge in [-0.2, -0.15) is 0 Å². The zero-order valence-corrected chi connectivity index (χ0v) is 8.62. The van der Waals surface area contributed by atoms with E-state index in [2.05, 4.69) is 0 Å². The number of hydrogen-bond acceptors (Lipinski definition) is 4. The van der Waals surface area contributed by atoms with Crippen LogP contribution in [0.5, 0.6) is 0 Å². The van der Waals surface area contributed by atoms with Crippen molar-refractivity contribution >= 4 is 10.0 Å². The molecule has 0 aliphatic carbocycles. The quantitative estimate of drug-likeness (QED) is 0.639. The van der Waals surface area contributed by atoms with Gasteiger partial charge >= 0.3 is 0 Å². The van der Waals surface area contributed by atoms with Crippen LogP contribution in [0.25, 0.3) is 0 Å². The second-order valence-corrected chi connectivity index (χ2v) is 5.65. The van der Waals surface area contributed by atoms with Crippen LogP contribution < -0.4 is 0 Å². The molecule has 0 unspecified atom stereocenters. The van der Waals surface area contributed by atoms with Gasteiger partial charge < -0.3 is 9.84 Å². The van der Waals surface area contributed by atoms with Gasteiger partial charge in [0, 0.05) is 20.0 Å². The maximum absolute atomic E-state index is 11.4. The van der Waals surface area contributed by atoms with E-state index >= 15 is 0 Å². The Morgan fingerprint density at radius 3 is 2.46 bits per heavy atom. The summed E-state index contributed by atoms with van der Waals surface area (Å²) < 4.78 is 28.9. The number of aliphatic hydroxyl groups excluding tert-OH is 1. The van der Waals surface area contributed by atoms with Crippen LogP contribution in [-0.4, -0.2) is 57.0 Å². The maximum atomic E-state index is 11.4. The second kappa shape index (κ2) is 3.91. The van der Waals surface area contributed by atoms with Crippen molar-refractivity contribution < 1.29 is 18.3 Å². The summed E-state index contributed by atoms with van der Waals surface area (Å²) in [4.78, 5) is 0. The van der Waals surface area contributed by atoms with Crippen LogP contribution in [0.15, 0.2) is 0 Å². The number of hydrogen-bond donors (Lipinski definition) is 1. The van der Waals surface area contributed by atoms with Crippen LogP contribution >= 0.6 is 0 Å². The molecule has 0 saturated carbocycles. The fourth-order valence-electron chi connectivity index (χ4n) is 1.17. The number of sulfonamides is 1. The van der Waals surface area contributed by atoms with Crippen LogP contribution in [0.1, 0.15) is 0 Å². The molecule has 1 heterocycles. The van der Waals surface area contributed by atoms with E-state index in [0.29, 0.717) is 6.61 Å². The number of ether oxygens (including phenoxy) is 1. The van der Waals surface area contributed by atoms with E-state index in [-0.39, 0.29) is 18.3 Å². The van der Waals surface area contributed by atoms with Gasteiger partial charge in [-0.1, -0.05) is 0 Å². The smallest absolute Gasteiger partial charge is 0.214 e. The molecule has 13 heavy (non-hydrogen) atoms. The molecule has 1 aliphatic rings. The Morgan fingerprint density at radius 1 is 1.46 bits per heavy atom. The minimum absolute atomic E-state index is 0.0405. The van der Waals surface area contributed by atoms with Gasteiger partial charge in [0.2, 0.25) is 10.0 Å². The van der Waals surface area contributed by atoms with Gasteiger partial charge in [-0.25, -0.2) is 12.7 Å². The highest BCUT2D eigenvalue weighted by Crippen LogP contribution is 2.16. The average molecular weight is 209 g/mol. The monoisotopic (exact) mass is 209 g/mol. The normalized spacial score (nSPS) is 29.8. The van der Waals surface area contributed by atoms with Gasteiger partial charge in [0.15, 0.2) is 0 Å². The molecular weight excluding hydrogens is 194 g/mol. The molecule has 0 amide bonds. The average Bonchev–Trinajstić information content (AvgIpc) is 2.35. The summed E-state index contributed by atoms with van der Waals surface area (Å²) in [7, 11) is -0.254. The van der Waals surface area contributed by atoms with Crippen molar-refractivity contribution in [1.29, 1.82) is 0 Å². The SMILES string of the molecule is CN(C)S(=O)(=O)C[C@@H]1COC[C@H]1O. The van der Waals surface area contributed by atoms with Crippen LogP contribution in [0, 0.1) is 5.92 Å². The summed E-state index contributed by atoms with van der Waals surface area (Å²) in [5, 5.41) is 9.33. The molecule has 0 bridgehead atoms. The summed E-state index contributed by atoms with van der Waals surface area (Å²) in [6.07, 6.45) is -0.644. The molecule has 1 aliphatic heterocycles. The molecule has 1 N–H and O–H groups in total. The van der Waals surface area contributed by atoms with Crippen LogP contribution in [-0.2, 0) is 14.8 Å². The number of rotatable bonds is 3. The van der Waals surface area contributed by atoms with Gasteiger partial charge in [0.1, 0.15) is 0 Å². The highest BCUT2D eigenvalue weighted by Gasteiger charge is 2.31. The maximum Gasteiger partial charge on any atom is 0.214 e. The Kier molecular flexibility index (Phi) is 3.28. The Bertz CT molecular complexity index is 262. The van der Waals surface area contributed by atoms with E-state index in [9.17, 15) is 13.5 Å². The Labute approximate surface area is 78.4 Å². The summed E-state index contributed by atoms with van der Waals surface area (Å²) in [6.45, 7) is 0.571. The predicted octanol–water partition coefficient (Wildman–Crippen LogP) is -1.11. The van der Waals surface area contributed by atoms with Crippen molar-refractivity contribution in [2.24, 2.45) is 5.92 Å². The van der Waals surface area contributed by atoms with E-state index in [1.165, 1.54) is 14.1 Å². The Hall–Kier alpha value is -0.170. The molecule has 5 nitrogen and oxygen atoms in total. The fraction of sp³-hybridized carbons (Fsp3) is 1.00. The summed E-state index contributed by atoms with van der Waals surface area (Å²) in [6, 6.07) is 0. The zero-order chi connectivity index (χ0) is 10.1. The van der Waals surface area contributed by atoms with Gasteiger partial charge in [0.05, 0.1) is 25.1 Å². The van der Waals surface area contributed by atoms with Gasteiger partial charge in [-0.3, -0.25) is 0 Å². The third-order valence-corrected chi connectivity index (χ3v) is 4.11. The Morgan fingerprint density at radius 2 is 2.08 bits per heavy atom. The lowest BCUT2D eigenvalue weighted by Crippen LogP contribution is -2.33. The van der Waals surface area contributed by atoms with Gasteiger partial charge in [0.25, 0.3) is 0 Å². The van der Waals surface area contributed by atoms with Crippen molar-refractivity contribution in [2.45, 2.75) is 6.10 Å². The first kappa shape index (κ1) is 10.9. The molecule has 6 heteroatoms. The van der Waals surface area contributed by atoms with Crippen molar-refractivity contribution in [1.82, 2.24) is 4.31 Å². The molecule has 0 radical (unpaired) electrons. The molecule has 78 valence electrons. The molecular formula is C7H15NO4S. The minimum Gasteiger partial charge on any atom is -0.390 e. The van der Waals surface area contributed by atoms with Crippen molar-refractivity contribution in [3.05, 3.63) is 0 Å². The molecule has 1 saturated heterocycles. The number of aliphatic hydroxyl groups is 1. The molecule has 0 aromatic heterocycles. The van der Waals surface area contributed by atoms with E-state index in [4.69, 9.17) is 4.74 Å². The zero-order valence-electron chi connectivity index (χ0n) is 7.80. The molecule has 0 spiro atoms. The standard InChI is InChI=1S/C7H15NO4S/c1-8(2)13(10,11)5-6-3-12-4-7(6)9/h6-7,9H,3-5H2,1-2H3/t6-,7+/m0/s1. The molecule has 1 rings (SSSR count). The molecule has 2 atom stereocenters. The first-order valence-electron chi connectivity index (χ1n) is 4.09. The largest absolute Gasteiger partial charge is 0.390 e. The fourth-order valence-corrected chi connectivity index (χ4v) is 2.32. The lowest BCUT2D eigenvalue weighted by Gasteiger charge is -2.16. The van der Waals surface area contributed by atoms with Crippen molar-refractivity contribution in [3.63, 3.8) is 0 Å². The molecule has 0 aromatic rings. The first-order chi connectivity index (χ1) is 5.93. The number of nitrogens with zero attached hydrogens (tertiary/aromatic N) is 1. The van der Waals surface area contributed by atoms with Gasteiger partial charge in [-0.05, 0) is 0 Å². The third-order valence-electron chi connectivity index (χ3n) is 2.15. The Balaban J connectivity index is 2.58. The molecule has 0 aromatic carbocycles. The minimum atomic E-state index is -3.22. The van der Waals surface area contributed by atoms with E-state index in [1.54, 1.807) is 0 Å². The highest BCUT2D eigenvalue weighted by molar-refractivity contribution is 7.89. The summed E-state index contributed by atoms with van der Waals surface area (Å²) >= 11 is 0. The van der Waals surface area contributed by atoms with E-state index < -0.39 is 16.1 Å². The second-order valence-electron chi connectivity index (χ2n) is 3.43. The topological polar surface area (TPSA) is 66.8 Å². The predicted molar refractivity (Wildman–Crippen MR) is 47.8 cm³/mol. The lowest BCUT2D eigenvalue weighted by molar-refractivity contribution is 0.120. The van der Waals surface area contributed by atoms with Crippen LogP contribution in [0.2, 0.25) is 0 Å². The van der Waals surface area contributed by atoms with Crippen molar-refractivity contribution in [3.8, 4) is 0 Å². The van der Waals surface area contributed by atoms with Crippen LogP contribution in [0.3, 0.4) is 0 Å². The first-order valence-corrected chi connectivity index (χ1v) is 5.70. The van der Waals surface area contributed by atoms with Crippen molar-refractivity contribution in [2.75, 3.05) is 33.1 Å². The summed E-state index contributed by atoms with van der Waals surface area (Å²) in [5.74, 6) is -0.325. The van der Waals surface area contributed by atoms with Gasteiger partial charge in [-0.15, -0.1) is 0 Å². The summed E-state index contributed by atoms with van der Waals surface area (Å²) in [5.41, 5.74) is 0. The highest BCUT2D eigenvalue weighted by atomic mass is 32.2. The van der Waals surface area contributed by atoms with Crippen LogP contribution in [0.4, 0.5) is 0 Å². The lowest BCUT2D eigenvalue weighted by atomic mass is 10.1. The van der Waals surface area contributed by atoms with E-state index in [1.807, 2.05) is 0 Å². The third kappa shape index (κ3) is 2.63. The van der Waals surface area contributed by atoms with E-state index in [0.717, 1.165) is 4.31 Å². The molecule has 1 fully saturated rings.